The number of carboxylic acids is 1. The van der Waals surface area contributed by atoms with Gasteiger partial charge >= 0.3 is 5.97 Å². The van der Waals surface area contributed by atoms with E-state index in [2.05, 4.69) is 0 Å². The first-order valence-electron chi connectivity index (χ1n) is 4.31. The zero-order valence-corrected chi connectivity index (χ0v) is 8.50. The Kier molecular flexibility index (Phi) is 2.74. The number of Topliss-reactive ketones (excluding diaryl/α,β-unsaturated/α-hetero) is 1. The minimum absolute atomic E-state index is 0.335. The first-order chi connectivity index (χ1) is 6.43. The van der Waals surface area contributed by atoms with E-state index in [1.54, 1.807) is 6.07 Å². The number of aromatic nitrogens is 1. The highest BCUT2D eigenvalue weighted by atomic mass is 16.4. The molecule has 0 bridgehead atoms. The van der Waals surface area contributed by atoms with Crippen molar-refractivity contribution in [3.63, 3.8) is 0 Å². The summed E-state index contributed by atoms with van der Waals surface area (Å²) in [5.74, 6) is -1.42. The smallest absolute Gasteiger partial charge is 0.311 e. The maximum atomic E-state index is 11.4. The third-order valence-electron chi connectivity index (χ3n) is 2.39. The minimum Gasteiger partial charge on any atom is -0.481 e. The van der Waals surface area contributed by atoms with Crippen molar-refractivity contribution in [2.45, 2.75) is 20.3 Å². The van der Waals surface area contributed by atoms with Gasteiger partial charge in [-0.15, -0.1) is 0 Å². The van der Waals surface area contributed by atoms with Gasteiger partial charge in [0, 0.05) is 24.0 Å². The third-order valence-corrected chi connectivity index (χ3v) is 2.39. The van der Waals surface area contributed by atoms with Crippen LogP contribution in [0.15, 0.2) is 6.07 Å². The number of carbonyl (C=O) groups excluding carboxylic acids is 1. The number of nitrogens with zero attached hydrogens (tertiary/aromatic N) is 1. The van der Waals surface area contributed by atoms with Gasteiger partial charge in [-0.25, -0.2) is 0 Å². The van der Waals surface area contributed by atoms with Crippen molar-refractivity contribution in [2.24, 2.45) is 7.05 Å². The lowest BCUT2D eigenvalue weighted by molar-refractivity contribution is -0.135. The van der Waals surface area contributed by atoms with Crippen molar-refractivity contribution in [3.8, 4) is 0 Å². The molecule has 0 aromatic carbocycles. The number of carboxylic acid groups (broad SMARTS) is 1. The topological polar surface area (TPSA) is 59.3 Å². The van der Waals surface area contributed by atoms with Crippen LogP contribution in [0.5, 0.6) is 0 Å². The molecule has 0 radical (unpaired) electrons. The Bertz CT molecular complexity index is 390. The molecule has 0 spiro atoms. The van der Waals surface area contributed by atoms with Gasteiger partial charge < -0.3 is 9.67 Å². The molecule has 0 aliphatic heterocycles. The molecular formula is C10H13NO3. The predicted molar refractivity (Wildman–Crippen MR) is 51.5 cm³/mol. The summed E-state index contributed by atoms with van der Waals surface area (Å²) in [6, 6.07) is 1.72. The van der Waals surface area contributed by atoms with Crippen LogP contribution >= 0.6 is 0 Å². The Morgan fingerprint density at radius 2 is 2.00 bits per heavy atom. The Morgan fingerprint density at radius 1 is 1.43 bits per heavy atom. The molecule has 76 valence electrons. The first-order valence-corrected chi connectivity index (χ1v) is 4.31. The molecule has 0 aliphatic carbocycles. The molecule has 0 saturated carbocycles. The van der Waals surface area contributed by atoms with E-state index in [1.165, 1.54) is 0 Å². The molecule has 0 saturated heterocycles. The van der Waals surface area contributed by atoms with Gasteiger partial charge in [0.25, 0.3) is 0 Å². The van der Waals surface area contributed by atoms with Crippen molar-refractivity contribution in [3.05, 3.63) is 23.0 Å². The Morgan fingerprint density at radius 3 is 2.36 bits per heavy atom. The van der Waals surface area contributed by atoms with E-state index in [1.807, 2.05) is 25.5 Å². The lowest BCUT2D eigenvalue weighted by atomic mass is 10.1. The van der Waals surface area contributed by atoms with Gasteiger partial charge in [-0.1, -0.05) is 0 Å². The van der Waals surface area contributed by atoms with Crippen LogP contribution in [0.3, 0.4) is 0 Å². The Hall–Kier alpha value is -1.58. The van der Waals surface area contributed by atoms with Gasteiger partial charge in [0.05, 0.1) is 0 Å². The average Bonchev–Trinajstić information content (AvgIpc) is 2.32. The molecule has 4 nitrogen and oxygen atoms in total. The lowest BCUT2D eigenvalue weighted by Gasteiger charge is -2.00. The highest BCUT2D eigenvalue weighted by Gasteiger charge is 2.16. The number of aliphatic carboxylic acids is 1. The third kappa shape index (κ3) is 1.84. The lowest BCUT2D eigenvalue weighted by Crippen LogP contribution is -2.08. The molecule has 1 rings (SSSR count). The number of carbonyl (C=O) groups is 2. The molecule has 1 N–H and O–H groups in total. The summed E-state index contributed by atoms with van der Waals surface area (Å²) >= 11 is 0. The van der Waals surface area contributed by atoms with Gasteiger partial charge in [0.2, 0.25) is 0 Å². The summed E-state index contributed by atoms with van der Waals surface area (Å²) in [4.78, 5) is 21.8. The number of ketones is 1. The molecule has 14 heavy (non-hydrogen) atoms. The van der Waals surface area contributed by atoms with E-state index >= 15 is 0 Å². The first kappa shape index (κ1) is 10.5. The molecular weight excluding hydrogens is 182 g/mol. The molecule has 1 aromatic rings. The minimum atomic E-state index is -1.09. The zero-order chi connectivity index (χ0) is 10.9. The fourth-order valence-electron chi connectivity index (χ4n) is 1.37. The van der Waals surface area contributed by atoms with E-state index < -0.39 is 12.4 Å². The second-order valence-corrected chi connectivity index (χ2v) is 3.34. The largest absolute Gasteiger partial charge is 0.481 e. The molecule has 0 amide bonds. The van der Waals surface area contributed by atoms with Crippen LogP contribution in [-0.2, 0) is 11.8 Å². The SMILES string of the molecule is Cc1cc(C(=O)CC(=O)O)c(C)n1C. The van der Waals surface area contributed by atoms with Crippen LogP contribution in [0.1, 0.15) is 28.2 Å². The highest BCUT2D eigenvalue weighted by molar-refractivity contribution is 6.06. The van der Waals surface area contributed by atoms with Crippen LogP contribution in [0.2, 0.25) is 0 Å². The Labute approximate surface area is 82.2 Å². The highest BCUT2D eigenvalue weighted by Crippen LogP contribution is 2.14. The van der Waals surface area contributed by atoms with E-state index in [-0.39, 0.29) is 5.78 Å². The monoisotopic (exact) mass is 195 g/mol. The Balaban J connectivity index is 3.02. The summed E-state index contributed by atoms with van der Waals surface area (Å²) in [5.41, 5.74) is 2.28. The van der Waals surface area contributed by atoms with Crippen molar-refractivity contribution in [1.29, 1.82) is 0 Å². The van der Waals surface area contributed by atoms with E-state index in [0.717, 1.165) is 11.4 Å². The quantitative estimate of drug-likeness (QED) is 0.584. The molecule has 1 aromatic heterocycles. The summed E-state index contributed by atoms with van der Waals surface area (Å²) in [5, 5.41) is 8.48. The van der Waals surface area contributed by atoms with Crippen molar-refractivity contribution in [1.82, 2.24) is 4.57 Å². The van der Waals surface area contributed by atoms with Gasteiger partial charge in [-0.3, -0.25) is 9.59 Å². The van der Waals surface area contributed by atoms with E-state index in [4.69, 9.17) is 5.11 Å². The van der Waals surface area contributed by atoms with Crippen LogP contribution in [0.4, 0.5) is 0 Å². The van der Waals surface area contributed by atoms with Crippen LogP contribution in [-0.4, -0.2) is 21.4 Å². The molecule has 0 atom stereocenters. The van der Waals surface area contributed by atoms with Crippen LogP contribution in [0.25, 0.3) is 0 Å². The summed E-state index contributed by atoms with van der Waals surface area (Å²) in [7, 11) is 1.85. The standard InChI is InChI=1S/C10H13NO3/c1-6-4-8(7(2)11(6)3)9(12)5-10(13)14/h4H,5H2,1-3H3,(H,13,14). The summed E-state index contributed by atoms with van der Waals surface area (Å²) < 4.78 is 1.87. The molecule has 4 heteroatoms. The second kappa shape index (κ2) is 3.65. The van der Waals surface area contributed by atoms with E-state index in [0.29, 0.717) is 5.56 Å². The number of hydrogen-bond acceptors (Lipinski definition) is 2. The zero-order valence-electron chi connectivity index (χ0n) is 8.50. The van der Waals surface area contributed by atoms with Crippen LogP contribution < -0.4 is 0 Å². The van der Waals surface area contributed by atoms with Gasteiger partial charge in [0.15, 0.2) is 5.78 Å². The molecule has 1 heterocycles. The summed E-state index contributed by atoms with van der Waals surface area (Å²) in [6.45, 7) is 3.69. The van der Waals surface area contributed by atoms with Gasteiger partial charge in [-0.2, -0.15) is 0 Å². The number of rotatable bonds is 3. The fourth-order valence-corrected chi connectivity index (χ4v) is 1.37. The van der Waals surface area contributed by atoms with Crippen LogP contribution in [0, 0.1) is 13.8 Å². The average molecular weight is 195 g/mol. The normalized spacial score (nSPS) is 10.2. The van der Waals surface area contributed by atoms with E-state index in [9.17, 15) is 9.59 Å². The van der Waals surface area contributed by atoms with Crippen molar-refractivity contribution in [2.75, 3.05) is 0 Å². The van der Waals surface area contributed by atoms with Crippen molar-refractivity contribution < 1.29 is 14.7 Å². The van der Waals surface area contributed by atoms with Gasteiger partial charge in [-0.05, 0) is 19.9 Å². The summed E-state index contributed by atoms with van der Waals surface area (Å²) in [6.07, 6.45) is -0.440. The maximum absolute atomic E-state index is 11.4. The van der Waals surface area contributed by atoms with Gasteiger partial charge in [0.1, 0.15) is 6.42 Å². The maximum Gasteiger partial charge on any atom is 0.311 e. The molecule has 0 aliphatic rings. The predicted octanol–water partition coefficient (Wildman–Crippen LogP) is 1.30. The molecule has 0 unspecified atom stereocenters. The fraction of sp³-hybridized carbons (Fsp3) is 0.400. The molecule has 0 fully saturated rings. The number of hydrogen-bond donors (Lipinski definition) is 1. The van der Waals surface area contributed by atoms with Crippen molar-refractivity contribution >= 4 is 11.8 Å². The second-order valence-electron chi connectivity index (χ2n) is 3.34. The number of aryl methyl sites for hydroxylation is 1.